The van der Waals surface area contributed by atoms with Crippen molar-refractivity contribution in [3.05, 3.63) is 87.1 Å². The Kier molecular flexibility index (Phi) is 9.19. The number of imidazole rings is 1. The van der Waals surface area contributed by atoms with Gasteiger partial charge in [0.05, 0.1) is 13.2 Å². The lowest BCUT2D eigenvalue weighted by atomic mass is 10.1. The van der Waals surface area contributed by atoms with E-state index in [9.17, 15) is 9.59 Å². The van der Waals surface area contributed by atoms with Crippen LogP contribution in [-0.2, 0) is 35.5 Å². The summed E-state index contributed by atoms with van der Waals surface area (Å²) in [4.78, 5) is 25.2. The summed E-state index contributed by atoms with van der Waals surface area (Å²) in [6.45, 7) is 13.2. The summed E-state index contributed by atoms with van der Waals surface area (Å²) >= 11 is 0. The Morgan fingerprint density at radius 2 is 1.64 bits per heavy atom. The largest absolute Gasteiger partial charge is 0.476 e. The second kappa shape index (κ2) is 12.1. The Balaban J connectivity index is 1.63. The molecule has 0 aliphatic carbocycles. The number of aromatic nitrogens is 2. The highest BCUT2D eigenvalue weighted by atomic mass is 16.6. The minimum absolute atomic E-state index is 0.0656. The Morgan fingerprint density at radius 3 is 2.28 bits per heavy atom. The van der Waals surface area contributed by atoms with Crippen LogP contribution < -0.4 is 10.4 Å². The second-order valence-electron chi connectivity index (χ2n) is 9.93. The number of aryl methyl sites for hydroxylation is 4. The zero-order valence-corrected chi connectivity index (χ0v) is 22.6. The van der Waals surface area contributed by atoms with Gasteiger partial charge in [0.15, 0.2) is 5.60 Å². The molecule has 3 rings (SSSR count). The molecular formula is C30H40N2O4. The monoisotopic (exact) mass is 492 g/mol. The number of hydrogen-bond acceptors (Lipinski definition) is 4. The van der Waals surface area contributed by atoms with Crippen LogP contribution in [0, 0.1) is 13.8 Å². The number of ether oxygens (including phenoxy) is 2. The third kappa shape index (κ3) is 6.90. The third-order valence-corrected chi connectivity index (χ3v) is 6.46. The van der Waals surface area contributed by atoms with Gasteiger partial charge in [-0.2, -0.15) is 0 Å². The van der Waals surface area contributed by atoms with Crippen molar-refractivity contribution in [1.82, 2.24) is 9.13 Å². The minimum atomic E-state index is -1.04. The second-order valence-corrected chi connectivity index (χ2v) is 9.93. The van der Waals surface area contributed by atoms with Crippen molar-refractivity contribution >= 4 is 5.97 Å². The molecule has 194 valence electrons. The molecule has 3 aromatic rings. The van der Waals surface area contributed by atoms with Gasteiger partial charge in [-0.1, -0.05) is 37.3 Å². The number of hydrogen-bond donors (Lipinski definition) is 0. The number of esters is 1. The molecule has 0 amide bonds. The van der Waals surface area contributed by atoms with E-state index >= 15 is 0 Å². The molecule has 0 saturated heterocycles. The molecule has 2 aromatic carbocycles. The molecule has 0 radical (unpaired) electrons. The van der Waals surface area contributed by atoms with Gasteiger partial charge in [-0.25, -0.2) is 9.59 Å². The molecule has 0 fully saturated rings. The van der Waals surface area contributed by atoms with Crippen LogP contribution in [0.15, 0.2) is 53.5 Å². The minimum Gasteiger partial charge on any atom is -0.476 e. The molecule has 1 aromatic heterocycles. The van der Waals surface area contributed by atoms with Crippen LogP contribution in [0.2, 0.25) is 0 Å². The Hall–Kier alpha value is -3.28. The molecule has 6 heteroatoms. The fourth-order valence-electron chi connectivity index (χ4n) is 4.30. The van der Waals surface area contributed by atoms with E-state index in [1.807, 2.05) is 39.6 Å². The topological polar surface area (TPSA) is 62.5 Å². The maximum Gasteiger partial charge on any atom is 0.349 e. The Labute approximate surface area is 214 Å². The maximum atomic E-state index is 13.1. The van der Waals surface area contributed by atoms with Crippen LogP contribution >= 0.6 is 0 Å². The molecular weight excluding hydrogens is 452 g/mol. The third-order valence-electron chi connectivity index (χ3n) is 6.46. The molecule has 6 nitrogen and oxygen atoms in total. The molecule has 0 saturated carbocycles. The predicted molar refractivity (Wildman–Crippen MR) is 144 cm³/mol. The van der Waals surface area contributed by atoms with Gasteiger partial charge in [0, 0.05) is 18.4 Å². The number of carbonyl (C=O) groups excluding carboxylic acids is 1. The quantitative estimate of drug-likeness (QED) is 0.308. The predicted octanol–water partition coefficient (Wildman–Crippen LogP) is 5.62. The average molecular weight is 493 g/mol. The summed E-state index contributed by atoms with van der Waals surface area (Å²) in [6, 6.07) is 14.2. The molecule has 0 atom stereocenters. The Bertz CT molecular complexity index is 1220. The van der Waals surface area contributed by atoms with E-state index in [0.29, 0.717) is 18.9 Å². The van der Waals surface area contributed by atoms with Crippen molar-refractivity contribution in [2.75, 3.05) is 6.61 Å². The van der Waals surface area contributed by atoms with Gasteiger partial charge in [0.1, 0.15) is 5.75 Å². The molecule has 0 aliphatic rings. The lowest BCUT2D eigenvalue weighted by Crippen LogP contribution is -2.39. The lowest BCUT2D eigenvalue weighted by Gasteiger charge is -2.24. The van der Waals surface area contributed by atoms with Crippen molar-refractivity contribution in [3.8, 4) is 5.75 Å². The van der Waals surface area contributed by atoms with Gasteiger partial charge in [-0.05, 0) is 94.7 Å². The molecule has 0 aliphatic heterocycles. The van der Waals surface area contributed by atoms with Crippen LogP contribution in [0.5, 0.6) is 5.75 Å². The lowest BCUT2D eigenvalue weighted by molar-refractivity contribution is -0.158. The van der Waals surface area contributed by atoms with Gasteiger partial charge in [-0.15, -0.1) is 0 Å². The van der Waals surface area contributed by atoms with E-state index in [0.717, 1.165) is 43.5 Å². The normalized spacial score (nSPS) is 11.5. The molecule has 36 heavy (non-hydrogen) atoms. The summed E-state index contributed by atoms with van der Waals surface area (Å²) in [7, 11) is 0. The van der Waals surface area contributed by atoms with Gasteiger partial charge >= 0.3 is 11.7 Å². The van der Waals surface area contributed by atoms with E-state index in [1.54, 1.807) is 20.8 Å². The van der Waals surface area contributed by atoms with Crippen LogP contribution in [0.1, 0.15) is 68.5 Å². The fraction of sp³-hybridized carbons (Fsp3) is 0.467. The van der Waals surface area contributed by atoms with Crippen LogP contribution in [-0.4, -0.2) is 27.3 Å². The zero-order valence-electron chi connectivity index (χ0n) is 22.6. The van der Waals surface area contributed by atoms with Gasteiger partial charge in [0.2, 0.25) is 0 Å². The highest BCUT2D eigenvalue weighted by Gasteiger charge is 2.31. The first kappa shape index (κ1) is 27.3. The van der Waals surface area contributed by atoms with Gasteiger partial charge in [0.25, 0.3) is 0 Å². The van der Waals surface area contributed by atoms with Gasteiger partial charge in [-0.3, -0.25) is 9.13 Å². The smallest absolute Gasteiger partial charge is 0.349 e. The molecule has 0 spiro atoms. The van der Waals surface area contributed by atoms with E-state index in [2.05, 4.69) is 39.0 Å². The van der Waals surface area contributed by atoms with E-state index < -0.39 is 5.60 Å². The first-order valence-electron chi connectivity index (χ1n) is 12.9. The molecule has 1 heterocycles. The fourth-order valence-corrected chi connectivity index (χ4v) is 4.30. The van der Waals surface area contributed by atoms with Gasteiger partial charge < -0.3 is 9.47 Å². The zero-order chi connectivity index (χ0) is 26.3. The van der Waals surface area contributed by atoms with Crippen molar-refractivity contribution in [1.29, 1.82) is 0 Å². The maximum absolute atomic E-state index is 13.1. The number of rotatable bonds is 12. The summed E-state index contributed by atoms with van der Waals surface area (Å²) in [6.07, 6.45) is 5.62. The van der Waals surface area contributed by atoms with Crippen molar-refractivity contribution < 1.29 is 14.3 Å². The van der Waals surface area contributed by atoms with Crippen LogP contribution in [0.4, 0.5) is 0 Å². The summed E-state index contributed by atoms with van der Waals surface area (Å²) < 4.78 is 14.7. The molecule has 0 N–H and O–H groups in total. The van der Waals surface area contributed by atoms with Crippen molar-refractivity contribution in [2.45, 2.75) is 85.9 Å². The highest BCUT2D eigenvalue weighted by Crippen LogP contribution is 2.21. The van der Waals surface area contributed by atoms with E-state index in [4.69, 9.17) is 9.47 Å². The van der Waals surface area contributed by atoms with Crippen LogP contribution in [0.25, 0.3) is 0 Å². The summed E-state index contributed by atoms with van der Waals surface area (Å²) in [5, 5.41) is 0. The standard InChI is InChI=1S/C30H40N2O4/c1-7-18-32-26(21-31(29(32)34)20-25-13-12-22(3)23(4)19-25)11-9-10-24-14-16-27(17-15-24)36-30(5,6)28(33)35-8-2/h12-17,19,21H,7-11,18,20H2,1-6H3. The summed E-state index contributed by atoms with van der Waals surface area (Å²) in [5.41, 5.74) is 4.96. The van der Waals surface area contributed by atoms with E-state index in [1.165, 1.54) is 16.7 Å². The average Bonchev–Trinajstić information content (AvgIpc) is 3.12. The first-order chi connectivity index (χ1) is 17.1. The Morgan fingerprint density at radius 1 is 0.944 bits per heavy atom. The highest BCUT2D eigenvalue weighted by molar-refractivity contribution is 5.79. The number of carbonyl (C=O) groups is 1. The first-order valence-corrected chi connectivity index (χ1v) is 12.9. The van der Waals surface area contributed by atoms with Crippen molar-refractivity contribution in [2.24, 2.45) is 0 Å². The number of nitrogens with zero attached hydrogens (tertiary/aromatic N) is 2. The summed E-state index contributed by atoms with van der Waals surface area (Å²) in [5.74, 6) is 0.258. The number of benzene rings is 2. The molecule has 0 unspecified atom stereocenters. The molecule has 0 bridgehead atoms. The van der Waals surface area contributed by atoms with Crippen molar-refractivity contribution in [3.63, 3.8) is 0 Å². The van der Waals surface area contributed by atoms with Crippen LogP contribution in [0.3, 0.4) is 0 Å². The van der Waals surface area contributed by atoms with E-state index in [-0.39, 0.29) is 11.7 Å². The SMILES string of the molecule is CCCn1c(CCCc2ccc(OC(C)(C)C(=O)OCC)cc2)cn(Cc2ccc(C)c(C)c2)c1=O.